The van der Waals surface area contributed by atoms with E-state index in [0.717, 1.165) is 25.2 Å². The van der Waals surface area contributed by atoms with Gasteiger partial charge in [-0.2, -0.15) is 0 Å². The summed E-state index contributed by atoms with van der Waals surface area (Å²) in [6.07, 6.45) is 3.04. The van der Waals surface area contributed by atoms with Crippen molar-refractivity contribution in [2.24, 2.45) is 5.73 Å². The van der Waals surface area contributed by atoms with Gasteiger partial charge in [0.1, 0.15) is 0 Å². The SMILES string of the molecule is C[C@H](N)c1ccc(N2CCc3ccccc3C2)cn1. The van der Waals surface area contributed by atoms with Crippen LogP contribution in [0.3, 0.4) is 0 Å². The van der Waals surface area contributed by atoms with E-state index in [1.807, 2.05) is 19.2 Å². The van der Waals surface area contributed by atoms with Crippen LogP contribution in [0.5, 0.6) is 0 Å². The first-order valence-corrected chi connectivity index (χ1v) is 6.77. The maximum absolute atomic E-state index is 5.83. The Morgan fingerprint density at radius 1 is 1.16 bits per heavy atom. The van der Waals surface area contributed by atoms with Crippen LogP contribution in [0, 0.1) is 0 Å². The first kappa shape index (κ1) is 12.2. The summed E-state index contributed by atoms with van der Waals surface area (Å²) in [5.41, 5.74) is 10.8. The molecule has 0 bridgehead atoms. The van der Waals surface area contributed by atoms with E-state index in [-0.39, 0.29) is 6.04 Å². The number of fused-ring (bicyclic) bond motifs is 1. The van der Waals surface area contributed by atoms with Gasteiger partial charge in [0.2, 0.25) is 0 Å². The zero-order valence-corrected chi connectivity index (χ0v) is 11.2. The lowest BCUT2D eigenvalue weighted by molar-refractivity contribution is 0.725. The van der Waals surface area contributed by atoms with E-state index in [4.69, 9.17) is 5.73 Å². The summed E-state index contributed by atoms with van der Waals surface area (Å²) >= 11 is 0. The highest BCUT2D eigenvalue weighted by atomic mass is 15.1. The van der Waals surface area contributed by atoms with Gasteiger partial charge in [0.25, 0.3) is 0 Å². The van der Waals surface area contributed by atoms with Crippen LogP contribution in [-0.2, 0) is 13.0 Å². The van der Waals surface area contributed by atoms with Crippen LogP contribution in [-0.4, -0.2) is 11.5 Å². The van der Waals surface area contributed by atoms with Gasteiger partial charge < -0.3 is 10.6 Å². The number of benzene rings is 1. The highest BCUT2D eigenvalue weighted by Gasteiger charge is 2.16. The van der Waals surface area contributed by atoms with Crippen molar-refractivity contribution in [3.63, 3.8) is 0 Å². The van der Waals surface area contributed by atoms with E-state index in [2.05, 4.69) is 40.2 Å². The number of aromatic nitrogens is 1. The lowest BCUT2D eigenvalue weighted by Gasteiger charge is -2.30. The van der Waals surface area contributed by atoms with Crippen LogP contribution < -0.4 is 10.6 Å². The number of nitrogens with two attached hydrogens (primary N) is 1. The fraction of sp³-hybridized carbons (Fsp3) is 0.312. The van der Waals surface area contributed by atoms with Gasteiger partial charge in [-0.1, -0.05) is 24.3 Å². The third-order valence-electron chi connectivity index (χ3n) is 3.73. The van der Waals surface area contributed by atoms with Gasteiger partial charge in [-0.25, -0.2) is 0 Å². The average Bonchev–Trinajstić information content (AvgIpc) is 2.47. The van der Waals surface area contributed by atoms with E-state index < -0.39 is 0 Å². The van der Waals surface area contributed by atoms with Gasteiger partial charge in [-0.3, -0.25) is 4.98 Å². The Hall–Kier alpha value is -1.87. The van der Waals surface area contributed by atoms with Crippen molar-refractivity contribution >= 4 is 5.69 Å². The quantitative estimate of drug-likeness (QED) is 0.894. The lowest BCUT2D eigenvalue weighted by Crippen LogP contribution is -2.30. The van der Waals surface area contributed by atoms with E-state index in [1.54, 1.807) is 0 Å². The Morgan fingerprint density at radius 2 is 1.95 bits per heavy atom. The summed E-state index contributed by atoms with van der Waals surface area (Å²) < 4.78 is 0. The molecule has 0 unspecified atom stereocenters. The van der Waals surface area contributed by atoms with Gasteiger partial charge in [-0.05, 0) is 36.6 Å². The Morgan fingerprint density at radius 3 is 2.63 bits per heavy atom. The molecule has 98 valence electrons. The molecular weight excluding hydrogens is 234 g/mol. The molecule has 1 aliphatic heterocycles. The molecule has 0 saturated carbocycles. The lowest BCUT2D eigenvalue weighted by atomic mass is 9.99. The second kappa shape index (κ2) is 5.02. The fourth-order valence-electron chi connectivity index (χ4n) is 2.57. The minimum atomic E-state index is -0.00358. The maximum atomic E-state index is 5.83. The van der Waals surface area contributed by atoms with Crippen molar-refractivity contribution < 1.29 is 0 Å². The molecule has 0 aliphatic carbocycles. The molecule has 3 nitrogen and oxygen atoms in total. The molecule has 0 spiro atoms. The van der Waals surface area contributed by atoms with Crippen LogP contribution in [0.1, 0.15) is 29.8 Å². The molecule has 1 aliphatic rings. The Labute approximate surface area is 114 Å². The van der Waals surface area contributed by atoms with Crippen LogP contribution in [0.15, 0.2) is 42.6 Å². The largest absolute Gasteiger partial charge is 0.366 e. The normalized spacial score (nSPS) is 16.0. The standard InChI is InChI=1S/C16H19N3/c1-12(17)16-7-6-15(10-18-16)19-9-8-13-4-2-3-5-14(13)11-19/h2-7,10,12H,8-9,11,17H2,1H3/t12-/m0/s1. The molecule has 1 atom stereocenters. The molecule has 1 aromatic carbocycles. The number of anilines is 1. The van der Waals surface area contributed by atoms with Crippen LogP contribution in [0.4, 0.5) is 5.69 Å². The molecule has 3 heteroatoms. The molecule has 0 amide bonds. The Kier molecular flexibility index (Phi) is 3.22. The Balaban J connectivity index is 1.81. The minimum absolute atomic E-state index is 0.00358. The summed E-state index contributed by atoms with van der Waals surface area (Å²) in [7, 11) is 0. The third kappa shape index (κ3) is 2.47. The molecule has 2 aromatic rings. The zero-order chi connectivity index (χ0) is 13.2. The second-order valence-electron chi connectivity index (χ2n) is 5.17. The predicted molar refractivity (Wildman–Crippen MR) is 78.0 cm³/mol. The molecule has 3 rings (SSSR count). The topological polar surface area (TPSA) is 42.1 Å². The van der Waals surface area contributed by atoms with Crippen molar-refractivity contribution in [2.45, 2.75) is 25.9 Å². The van der Waals surface area contributed by atoms with Crippen LogP contribution in [0.2, 0.25) is 0 Å². The number of pyridine rings is 1. The van der Waals surface area contributed by atoms with Gasteiger partial charge in [0, 0.05) is 19.1 Å². The molecule has 19 heavy (non-hydrogen) atoms. The molecule has 0 saturated heterocycles. The Bertz CT molecular complexity index is 560. The molecule has 2 N–H and O–H groups in total. The van der Waals surface area contributed by atoms with E-state index >= 15 is 0 Å². The first-order chi connectivity index (χ1) is 9.24. The smallest absolute Gasteiger partial charge is 0.0569 e. The maximum Gasteiger partial charge on any atom is 0.0569 e. The number of rotatable bonds is 2. The highest BCUT2D eigenvalue weighted by Crippen LogP contribution is 2.24. The van der Waals surface area contributed by atoms with E-state index in [9.17, 15) is 0 Å². The minimum Gasteiger partial charge on any atom is -0.366 e. The zero-order valence-electron chi connectivity index (χ0n) is 11.2. The summed E-state index contributed by atoms with van der Waals surface area (Å²) in [6.45, 7) is 3.98. The van der Waals surface area contributed by atoms with Crippen LogP contribution >= 0.6 is 0 Å². The summed E-state index contributed by atoms with van der Waals surface area (Å²) in [5.74, 6) is 0. The summed E-state index contributed by atoms with van der Waals surface area (Å²) in [4.78, 5) is 6.82. The summed E-state index contributed by atoms with van der Waals surface area (Å²) in [6, 6.07) is 12.8. The molecule has 0 radical (unpaired) electrons. The average molecular weight is 253 g/mol. The highest BCUT2D eigenvalue weighted by molar-refractivity contribution is 5.48. The second-order valence-corrected chi connectivity index (χ2v) is 5.17. The molecular formula is C16H19N3. The monoisotopic (exact) mass is 253 g/mol. The number of hydrogen-bond donors (Lipinski definition) is 1. The van der Waals surface area contributed by atoms with Crippen LogP contribution in [0.25, 0.3) is 0 Å². The predicted octanol–water partition coefficient (Wildman–Crippen LogP) is 2.66. The third-order valence-corrected chi connectivity index (χ3v) is 3.73. The van der Waals surface area contributed by atoms with Gasteiger partial charge in [0.05, 0.1) is 17.6 Å². The van der Waals surface area contributed by atoms with Crippen molar-refractivity contribution in [1.29, 1.82) is 0 Å². The number of nitrogens with zero attached hydrogens (tertiary/aromatic N) is 2. The number of hydrogen-bond acceptors (Lipinski definition) is 3. The first-order valence-electron chi connectivity index (χ1n) is 6.77. The molecule has 0 fully saturated rings. The van der Waals surface area contributed by atoms with Crippen molar-refractivity contribution in [1.82, 2.24) is 4.98 Å². The van der Waals surface area contributed by atoms with Crippen molar-refractivity contribution in [3.05, 3.63) is 59.4 Å². The van der Waals surface area contributed by atoms with Crippen molar-refractivity contribution in [3.8, 4) is 0 Å². The van der Waals surface area contributed by atoms with E-state index in [0.29, 0.717) is 0 Å². The molecule has 1 aromatic heterocycles. The molecule has 2 heterocycles. The van der Waals surface area contributed by atoms with Crippen molar-refractivity contribution in [2.75, 3.05) is 11.4 Å². The van der Waals surface area contributed by atoms with Gasteiger partial charge in [0.15, 0.2) is 0 Å². The summed E-state index contributed by atoms with van der Waals surface area (Å²) in [5, 5.41) is 0. The van der Waals surface area contributed by atoms with Gasteiger partial charge >= 0.3 is 0 Å². The van der Waals surface area contributed by atoms with E-state index in [1.165, 1.54) is 16.8 Å². The fourth-order valence-corrected chi connectivity index (χ4v) is 2.57. The van der Waals surface area contributed by atoms with Gasteiger partial charge in [-0.15, -0.1) is 0 Å².